The van der Waals surface area contributed by atoms with Crippen molar-refractivity contribution < 1.29 is 9.53 Å². The normalized spacial score (nSPS) is 11.0. The van der Waals surface area contributed by atoms with E-state index >= 15 is 0 Å². The second kappa shape index (κ2) is 10.1. The molecule has 2 aromatic carbocycles. The number of hydrogen-bond donors (Lipinski definition) is 1. The predicted octanol–water partition coefficient (Wildman–Crippen LogP) is 2.71. The van der Waals surface area contributed by atoms with Crippen molar-refractivity contribution in [2.45, 2.75) is 32.9 Å². The lowest BCUT2D eigenvalue weighted by atomic mass is 10.1. The monoisotopic (exact) mass is 445 g/mol. The van der Waals surface area contributed by atoms with E-state index in [9.17, 15) is 9.59 Å². The number of carbonyl (C=O) groups excluding carboxylic acids is 1. The van der Waals surface area contributed by atoms with Crippen LogP contribution in [0.15, 0.2) is 65.8 Å². The number of benzene rings is 2. The van der Waals surface area contributed by atoms with E-state index in [0.29, 0.717) is 43.5 Å². The summed E-state index contributed by atoms with van der Waals surface area (Å²) in [6.45, 7) is 3.33. The highest BCUT2D eigenvalue weighted by molar-refractivity contribution is 5.76. The second-order valence-corrected chi connectivity index (χ2v) is 7.97. The van der Waals surface area contributed by atoms with Crippen molar-refractivity contribution in [3.05, 3.63) is 88.1 Å². The summed E-state index contributed by atoms with van der Waals surface area (Å²) in [6.07, 6.45) is 4.15. The average molecular weight is 446 g/mol. The predicted molar refractivity (Wildman–Crippen MR) is 126 cm³/mol. The fourth-order valence-corrected chi connectivity index (χ4v) is 3.72. The highest BCUT2D eigenvalue weighted by Crippen LogP contribution is 2.12. The Morgan fingerprint density at radius 2 is 1.94 bits per heavy atom. The van der Waals surface area contributed by atoms with E-state index in [0.717, 1.165) is 22.4 Å². The molecule has 0 bridgehead atoms. The smallest absolute Gasteiger partial charge is 0.264 e. The molecule has 1 amide bonds. The third kappa shape index (κ3) is 5.46. The van der Waals surface area contributed by atoms with Gasteiger partial charge in [0, 0.05) is 13.0 Å². The summed E-state index contributed by atoms with van der Waals surface area (Å²) in [5, 5.41) is 7.68. The molecule has 0 saturated heterocycles. The molecule has 0 atom stereocenters. The van der Waals surface area contributed by atoms with Crippen molar-refractivity contribution in [1.82, 2.24) is 24.6 Å². The molecule has 0 unspecified atom stereocenters. The molecule has 2 aromatic heterocycles. The van der Waals surface area contributed by atoms with Crippen LogP contribution in [0.5, 0.6) is 5.75 Å². The number of aromatic nitrogens is 4. The Hall–Kier alpha value is -3.94. The lowest BCUT2D eigenvalue weighted by Gasteiger charge is -2.08. The van der Waals surface area contributed by atoms with Gasteiger partial charge in [0.15, 0.2) is 5.65 Å². The molecule has 0 aliphatic rings. The van der Waals surface area contributed by atoms with Gasteiger partial charge in [-0.25, -0.2) is 9.67 Å². The van der Waals surface area contributed by atoms with Crippen LogP contribution in [-0.4, -0.2) is 38.9 Å². The van der Waals surface area contributed by atoms with E-state index < -0.39 is 0 Å². The van der Waals surface area contributed by atoms with Crippen LogP contribution in [0.3, 0.4) is 0 Å². The van der Waals surface area contributed by atoms with Crippen molar-refractivity contribution in [2.75, 3.05) is 13.7 Å². The Kier molecular flexibility index (Phi) is 6.83. The van der Waals surface area contributed by atoms with Crippen molar-refractivity contribution in [2.24, 2.45) is 0 Å². The fourth-order valence-electron chi connectivity index (χ4n) is 3.72. The molecule has 0 aliphatic heterocycles. The first-order valence-electron chi connectivity index (χ1n) is 10.9. The van der Waals surface area contributed by atoms with E-state index in [1.807, 2.05) is 49.4 Å². The van der Waals surface area contributed by atoms with Crippen LogP contribution in [0.25, 0.3) is 11.0 Å². The van der Waals surface area contributed by atoms with Crippen LogP contribution in [0, 0.1) is 6.92 Å². The number of aryl methyl sites for hydroxylation is 2. The average Bonchev–Trinajstić information content (AvgIpc) is 3.23. The number of rotatable bonds is 9. The fraction of sp³-hybridized carbons (Fsp3) is 0.280. The van der Waals surface area contributed by atoms with Gasteiger partial charge in [-0.3, -0.25) is 14.2 Å². The maximum atomic E-state index is 12.9. The van der Waals surface area contributed by atoms with Gasteiger partial charge in [-0.15, -0.1) is 0 Å². The Bertz CT molecular complexity index is 1310. The largest absolute Gasteiger partial charge is 0.497 e. The zero-order valence-corrected chi connectivity index (χ0v) is 18.8. The Morgan fingerprint density at radius 1 is 1.12 bits per heavy atom. The van der Waals surface area contributed by atoms with Crippen molar-refractivity contribution in [3.63, 3.8) is 0 Å². The van der Waals surface area contributed by atoms with E-state index in [1.54, 1.807) is 28.9 Å². The van der Waals surface area contributed by atoms with Crippen LogP contribution in [0.4, 0.5) is 0 Å². The molecule has 8 nitrogen and oxygen atoms in total. The van der Waals surface area contributed by atoms with Gasteiger partial charge in [0.2, 0.25) is 5.91 Å². The van der Waals surface area contributed by atoms with Crippen molar-refractivity contribution >= 4 is 16.9 Å². The summed E-state index contributed by atoms with van der Waals surface area (Å²) in [5.41, 5.74) is 3.66. The minimum atomic E-state index is -0.128. The topological polar surface area (TPSA) is 91.0 Å². The minimum absolute atomic E-state index is 0.0317. The number of carbonyl (C=O) groups is 1. The number of amides is 1. The van der Waals surface area contributed by atoms with Gasteiger partial charge in [0.25, 0.3) is 5.56 Å². The molecule has 0 radical (unpaired) electrons. The van der Waals surface area contributed by atoms with Gasteiger partial charge in [-0.2, -0.15) is 5.10 Å². The number of nitrogens with zero attached hydrogens (tertiary/aromatic N) is 4. The quantitative estimate of drug-likeness (QED) is 0.428. The lowest BCUT2D eigenvalue weighted by molar-refractivity contribution is -0.121. The zero-order valence-electron chi connectivity index (χ0n) is 18.8. The van der Waals surface area contributed by atoms with Gasteiger partial charge >= 0.3 is 0 Å². The first-order valence-corrected chi connectivity index (χ1v) is 10.9. The molecule has 0 spiro atoms. The van der Waals surface area contributed by atoms with Gasteiger partial charge in [0.05, 0.1) is 26.4 Å². The van der Waals surface area contributed by atoms with E-state index in [2.05, 4.69) is 21.5 Å². The molecule has 4 rings (SSSR count). The summed E-state index contributed by atoms with van der Waals surface area (Å²) < 4.78 is 8.38. The van der Waals surface area contributed by atoms with Crippen LogP contribution in [-0.2, 0) is 24.3 Å². The molecule has 0 aliphatic carbocycles. The number of ether oxygens (including phenoxy) is 1. The number of hydrogen-bond acceptors (Lipinski definition) is 5. The van der Waals surface area contributed by atoms with Crippen LogP contribution < -0.4 is 15.6 Å². The summed E-state index contributed by atoms with van der Waals surface area (Å²) in [4.78, 5) is 29.5. The molecule has 4 aromatic rings. The molecule has 170 valence electrons. The Balaban J connectivity index is 1.32. The summed E-state index contributed by atoms with van der Waals surface area (Å²) in [6, 6.07) is 15.7. The van der Waals surface area contributed by atoms with Gasteiger partial charge in [-0.05, 0) is 36.6 Å². The zero-order chi connectivity index (χ0) is 23.2. The number of fused-ring (bicyclic) bond motifs is 1. The number of nitrogens with one attached hydrogen (secondary N) is 1. The highest BCUT2D eigenvalue weighted by Gasteiger charge is 2.11. The van der Waals surface area contributed by atoms with Crippen molar-refractivity contribution in [1.29, 1.82) is 0 Å². The standard InChI is InChI=1S/C25H27N5O3/c1-18-4-3-5-20(14-18)16-29-17-27-24-22(25(29)32)15-28-30(24)13-12-26-23(31)11-8-19-6-9-21(33-2)10-7-19/h3-7,9-10,14-15,17H,8,11-13,16H2,1-2H3,(H,26,31). The highest BCUT2D eigenvalue weighted by atomic mass is 16.5. The first kappa shape index (κ1) is 22.3. The molecular formula is C25H27N5O3. The molecule has 2 heterocycles. The van der Waals surface area contributed by atoms with Gasteiger partial charge < -0.3 is 10.1 Å². The van der Waals surface area contributed by atoms with E-state index in [4.69, 9.17) is 4.74 Å². The van der Waals surface area contributed by atoms with Crippen LogP contribution >= 0.6 is 0 Å². The van der Waals surface area contributed by atoms with Crippen LogP contribution in [0.1, 0.15) is 23.1 Å². The number of methoxy groups -OCH3 is 1. The third-order valence-electron chi connectivity index (χ3n) is 5.50. The molecule has 8 heteroatoms. The minimum Gasteiger partial charge on any atom is -0.497 e. The van der Waals surface area contributed by atoms with Crippen LogP contribution in [0.2, 0.25) is 0 Å². The summed E-state index contributed by atoms with van der Waals surface area (Å²) in [5.74, 6) is 0.765. The summed E-state index contributed by atoms with van der Waals surface area (Å²) >= 11 is 0. The molecule has 0 saturated carbocycles. The molecule has 0 fully saturated rings. The SMILES string of the molecule is COc1ccc(CCC(=O)NCCn2ncc3c(=O)n(Cc4cccc(C)c4)cnc32)cc1. The van der Waals surface area contributed by atoms with Gasteiger partial charge in [0.1, 0.15) is 17.5 Å². The maximum Gasteiger partial charge on any atom is 0.264 e. The second-order valence-electron chi connectivity index (χ2n) is 7.97. The molecule has 33 heavy (non-hydrogen) atoms. The lowest BCUT2D eigenvalue weighted by Crippen LogP contribution is -2.28. The third-order valence-corrected chi connectivity index (χ3v) is 5.50. The Morgan fingerprint density at radius 3 is 2.70 bits per heavy atom. The van der Waals surface area contributed by atoms with Gasteiger partial charge in [-0.1, -0.05) is 42.0 Å². The van der Waals surface area contributed by atoms with E-state index in [1.165, 1.54) is 0 Å². The first-order chi connectivity index (χ1) is 16.0. The summed E-state index contributed by atoms with van der Waals surface area (Å²) in [7, 11) is 1.63. The van der Waals surface area contributed by atoms with E-state index in [-0.39, 0.29) is 11.5 Å². The van der Waals surface area contributed by atoms with Crippen molar-refractivity contribution in [3.8, 4) is 5.75 Å². The Labute approximate surface area is 191 Å². The molecular weight excluding hydrogens is 418 g/mol. The maximum absolute atomic E-state index is 12.9. The molecule has 1 N–H and O–H groups in total.